The molecule has 1 aromatic carbocycles. The van der Waals surface area contributed by atoms with Crippen LogP contribution in [0.25, 0.3) is 11.0 Å². The number of hydrogen-bond acceptors (Lipinski definition) is 2. The van der Waals surface area contributed by atoms with Crippen molar-refractivity contribution in [3.63, 3.8) is 0 Å². The van der Waals surface area contributed by atoms with Gasteiger partial charge >= 0.3 is 0 Å². The average molecular weight is 376 g/mol. The first-order chi connectivity index (χ1) is 10.1. The summed E-state index contributed by atoms with van der Waals surface area (Å²) >= 11 is 9.10. The molecule has 1 saturated heterocycles. The Morgan fingerprint density at radius 2 is 2.33 bits per heavy atom. The molecule has 0 bridgehead atoms. The molecule has 0 radical (unpaired) electrons. The molecule has 0 aliphatic carbocycles. The topological polar surface area (TPSA) is 27.1 Å². The van der Waals surface area contributed by atoms with E-state index in [4.69, 9.17) is 16.3 Å². The second kappa shape index (κ2) is 6.23. The zero-order valence-corrected chi connectivity index (χ0v) is 14.1. The van der Waals surface area contributed by atoms with Gasteiger partial charge in [0.2, 0.25) is 0 Å². The van der Waals surface area contributed by atoms with Gasteiger partial charge in [0.05, 0.1) is 21.6 Å². The zero-order chi connectivity index (χ0) is 15.0. The van der Waals surface area contributed by atoms with Gasteiger partial charge in [0, 0.05) is 37.4 Å². The first-order valence-electron chi connectivity index (χ1n) is 7.12. The Hall–Kier alpha value is -0.650. The number of alkyl halides is 1. The first kappa shape index (κ1) is 15.3. The molecule has 0 spiro atoms. The molecule has 3 nitrogen and oxygen atoms in total. The van der Waals surface area contributed by atoms with E-state index in [1.807, 2.05) is 0 Å². The number of rotatable bonds is 4. The minimum absolute atomic E-state index is 0.228. The fourth-order valence-electron chi connectivity index (χ4n) is 2.90. The Morgan fingerprint density at radius 1 is 1.52 bits per heavy atom. The lowest BCUT2D eigenvalue weighted by Crippen LogP contribution is -2.19. The molecule has 2 unspecified atom stereocenters. The fraction of sp³-hybridized carbons (Fsp3) is 0.533. The minimum Gasteiger partial charge on any atom is -0.378 e. The molecule has 1 fully saturated rings. The quantitative estimate of drug-likeness (QED) is 0.751. The zero-order valence-electron chi connectivity index (χ0n) is 11.8. The number of aryl methyl sites for hydroxylation is 1. The van der Waals surface area contributed by atoms with Gasteiger partial charge in [0.15, 0.2) is 0 Å². The second-order valence-corrected chi connectivity index (χ2v) is 6.69. The number of fused-ring (bicyclic) bond motifs is 1. The number of aromatic nitrogens is 2. The molecule has 21 heavy (non-hydrogen) atoms. The van der Waals surface area contributed by atoms with Crippen LogP contribution in [0.15, 0.2) is 16.6 Å². The van der Waals surface area contributed by atoms with Crippen molar-refractivity contribution in [2.45, 2.75) is 32.4 Å². The van der Waals surface area contributed by atoms with Crippen LogP contribution in [0.5, 0.6) is 0 Å². The molecule has 1 aliphatic rings. The number of hydrogen-bond donors (Lipinski definition) is 0. The van der Waals surface area contributed by atoms with Gasteiger partial charge in [0.1, 0.15) is 11.6 Å². The Kier molecular flexibility index (Phi) is 4.52. The normalized spacial score (nSPS) is 22.3. The lowest BCUT2D eigenvalue weighted by molar-refractivity contribution is 0.102. The number of nitrogens with zero attached hydrogens (tertiary/aromatic N) is 2. The highest BCUT2D eigenvalue weighted by atomic mass is 79.9. The highest BCUT2D eigenvalue weighted by Crippen LogP contribution is 2.28. The van der Waals surface area contributed by atoms with Crippen molar-refractivity contribution in [3.8, 4) is 0 Å². The molecule has 1 aromatic heterocycles. The van der Waals surface area contributed by atoms with Gasteiger partial charge < -0.3 is 9.30 Å². The number of benzene rings is 1. The Labute approximate surface area is 136 Å². The van der Waals surface area contributed by atoms with E-state index >= 15 is 0 Å². The maximum Gasteiger partial charge on any atom is 0.139 e. The molecule has 114 valence electrons. The summed E-state index contributed by atoms with van der Waals surface area (Å²) < 4.78 is 22.0. The summed E-state index contributed by atoms with van der Waals surface area (Å²) in [6.07, 6.45) is 1.93. The number of halogens is 3. The van der Waals surface area contributed by atoms with Crippen LogP contribution in [0.2, 0.25) is 0 Å². The number of ether oxygens (including phenoxy) is 1. The molecule has 2 atom stereocenters. The highest BCUT2D eigenvalue weighted by Gasteiger charge is 2.26. The predicted molar refractivity (Wildman–Crippen MR) is 85.3 cm³/mol. The van der Waals surface area contributed by atoms with Gasteiger partial charge in [-0.2, -0.15) is 0 Å². The molecule has 1 aliphatic heterocycles. The summed E-state index contributed by atoms with van der Waals surface area (Å²) in [5.41, 5.74) is 1.63. The van der Waals surface area contributed by atoms with Crippen molar-refractivity contribution in [2.24, 2.45) is 5.92 Å². The van der Waals surface area contributed by atoms with E-state index in [2.05, 4.69) is 32.4 Å². The van der Waals surface area contributed by atoms with E-state index in [9.17, 15) is 4.39 Å². The van der Waals surface area contributed by atoms with Gasteiger partial charge in [-0.05, 0) is 35.3 Å². The molecule has 6 heteroatoms. The van der Waals surface area contributed by atoms with Gasteiger partial charge in [-0.1, -0.05) is 0 Å². The maximum atomic E-state index is 13.9. The fourth-order valence-corrected chi connectivity index (χ4v) is 3.40. The smallest absolute Gasteiger partial charge is 0.139 e. The third-order valence-corrected chi connectivity index (χ3v) is 4.93. The van der Waals surface area contributed by atoms with Crippen molar-refractivity contribution in [2.75, 3.05) is 12.5 Å². The molecular formula is C15H17BrClFN2O. The predicted octanol–water partition coefficient (Wildman–Crippen LogP) is 4.14. The summed E-state index contributed by atoms with van der Waals surface area (Å²) in [5.74, 6) is 1.58. The van der Waals surface area contributed by atoms with E-state index < -0.39 is 0 Å². The van der Waals surface area contributed by atoms with Crippen LogP contribution in [0.4, 0.5) is 4.39 Å². The van der Waals surface area contributed by atoms with Crippen LogP contribution >= 0.6 is 27.5 Å². The van der Waals surface area contributed by atoms with Crippen molar-refractivity contribution in [3.05, 3.63) is 28.2 Å². The van der Waals surface area contributed by atoms with Crippen LogP contribution in [0.1, 0.15) is 19.2 Å². The molecule has 0 N–H and O–H groups in total. The Balaban J connectivity index is 2.04. The Morgan fingerprint density at radius 3 is 3.00 bits per heavy atom. The molecular weight excluding hydrogens is 359 g/mol. The van der Waals surface area contributed by atoms with E-state index in [0.717, 1.165) is 36.4 Å². The van der Waals surface area contributed by atoms with Gasteiger partial charge in [-0.25, -0.2) is 9.37 Å². The van der Waals surface area contributed by atoms with Gasteiger partial charge in [-0.3, -0.25) is 0 Å². The summed E-state index contributed by atoms with van der Waals surface area (Å²) in [6.45, 7) is 3.68. The SMILES string of the molecule is CC1OCCC1Cn1c(CCCl)nc2cc(Br)c(F)cc21. The van der Waals surface area contributed by atoms with Crippen molar-refractivity contribution >= 4 is 38.6 Å². The summed E-state index contributed by atoms with van der Waals surface area (Å²) in [4.78, 5) is 4.61. The van der Waals surface area contributed by atoms with E-state index in [0.29, 0.717) is 22.7 Å². The van der Waals surface area contributed by atoms with Crippen molar-refractivity contribution < 1.29 is 9.13 Å². The van der Waals surface area contributed by atoms with Crippen LogP contribution < -0.4 is 0 Å². The van der Waals surface area contributed by atoms with Gasteiger partial charge in [-0.15, -0.1) is 11.6 Å². The molecule has 0 saturated carbocycles. The van der Waals surface area contributed by atoms with E-state index in [1.165, 1.54) is 0 Å². The Bertz CT molecular complexity index is 661. The van der Waals surface area contributed by atoms with Crippen LogP contribution in [-0.2, 0) is 17.7 Å². The molecule has 0 amide bonds. The van der Waals surface area contributed by atoms with Crippen molar-refractivity contribution in [1.82, 2.24) is 9.55 Å². The standard InChI is InChI=1S/C15H17BrClFN2O/c1-9-10(3-5-21-9)8-20-14-7-12(18)11(16)6-13(14)19-15(20)2-4-17/h6-7,9-10H,2-5,8H2,1H3. The largest absolute Gasteiger partial charge is 0.378 e. The third-order valence-electron chi connectivity index (χ3n) is 4.14. The van der Waals surface area contributed by atoms with Crippen LogP contribution in [-0.4, -0.2) is 28.1 Å². The first-order valence-corrected chi connectivity index (χ1v) is 8.44. The van der Waals surface area contributed by atoms with Crippen LogP contribution in [0.3, 0.4) is 0 Å². The second-order valence-electron chi connectivity index (χ2n) is 5.46. The third kappa shape index (κ3) is 2.96. The van der Waals surface area contributed by atoms with Crippen molar-refractivity contribution in [1.29, 1.82) is 0 Å². The maximum absolute atomic E-state index is 13.9. The summed E-state index contributed by atoms with van der Waals surface area (Å²) in [6, 6.07) is 3.28. The van der Waals surface area contributed by atoms with Crippen LogP contribution in [0, 0.1) is 11.7 Å². The lowest BCUT2D eigenvalue weighted by Gasteiger charge is -2.17. The lowest BCUT2D eigenvalue weighted by atomic mass is 10.0. The average Bonchev–Trinajstić information content (AvgIpc) is 2.98. The highest BCUT2D eigenvalue weighted by molar-refractivity contribution is 9.10. The van der Waals surface area contributed by atoms with E-state index in [1.54, 1.807) is 12.1 Å². The van der Waals surface area contributed by atoms with E-state index in [-0.39, 0.29) is 11.9 Å². The van der Waals surface area contributed by atoms with Gasteiger partial charge in [0.25, 0.3) is 0 Å². The minimum atomic E-state index is -0.267. The summed E-state index contributed by atoms with van der Waals surface area (Å²) in [7, 11) is 0. The number of imidazole rings is 1. The summed E-state index contributed by atoms with van der Waals surface area (Å²) in [5, 5.41) is 0. The molecule has 2 aromatic rings. The monoisotopic (exact) mass is 374 g/mol. The molecule has 3 rings (SSSR count). The molecule has 2 heterocycles.